The number of imidazole rings is 1. The third-order valence-electron chi connectivity index (χ3n) is 8.45. The van der Waals surface area contributed by atoms with E-state index in [0.717, 1.165) is 39.4 Å². The number of hydrogen-bond acceptors (Lipinski definition) is 2. The lowest BCUT2D eigenvalue weighted by molar-refractivity contribution is 0.713. The minimum atomic E-state index is -0.627. The SMILES string of the molecule is c1ccc(C(c2ccccc2)(c2cccc(-n3c4ccccc4c4ccc(-c5ncc[nH]5)cc43)c2)c2ccccn2)cc1. The Kier molecular flexibility index (Phi) is 5.97. The quantitative estimate of drug-likeness (QED) is 0.209. The second-order valence-corrected chi connectivity index (χ2v) is 10.8. The minimum Gasteiger partial charge on any atom is -0.345 e. The molecule has 8 aromatic rings. The van der Waals surface area contributed by atoms with E-state index in [0.29, 0.717) is 0 Å². The highest BCUT2D eigenvalue weighted by Crippen LogP contribution is 2.45. The van der Waals surface area contributed by atoms with Crippen molar-refractivity contribution >= 4 is 21.8 Å². The number of para-hydroxylation sites is 1. The van der Waals surface area contributed by atoms with Gasteiger partial charge in [0, 0.05) is 40.6 Å². The van der Waals surface area contributed by atoms with Crippen LogP contribution in [0.25, 0.3) is 38.9 Å². The molecule has 5 aromatic carbocycles. The van der Waals surface area contributed by atoms with E-state index in [4.69, 9.17) is 4.98 Å². The Balaban J connectivity index is 1.44. The fraction of sp³-hybridized carbons (Fsp3) is 0.0256. The molecule has 204 valence electrons. The number of hydrogen-bond donors (Lipinski definition) is 1. The number of nitrogens with zero attached hydrogens (tertiary/aromatic N) is 3. The lowest BCUT2D eigenvalue weighted by atomic mass is 9.67. The van der Waals surface area contributed by atoms with Crippen LogP contribution in [0.5, 0.6) is 0 Å². The number of pyridine rings is 1. The van der Waals surface area contributed by atoms with Crippen molar-refractivity contribution in [2.75, 3.05) is 0 Å². The highest BCUT2D eigenvalue weighted by molar-refractivity contribution is 6.10. The fourth-order valence-electron chi connectivity index (χ4n) is 6.60. The van der Waals surface area contributed by atoms with Crippen LogP contribution in [0.4, 0.5) is 0 Å². The van der Waals surface area contributed by atoms with Crippen molar-refractivity contribution in [3.05, 3.63) is 187 Å². The molecule has 0 aliphatic carbocycles. The van der Waals surface area contributed by atoms with Crippen LogP contribution in [0.2, 0.25) is 0 Å². The smallest absolute Gasteiger partial charge is 0.137 e. The van der Waals surface area contributed by atoms with Crippen molar-refractivity contribution < 1.29 is 0 Å². The normalized spacial score (nSPS) is 11.7. The van der Waals surface area contributed by atoms with E-state index in [1.165, 1.54) is 21.9 Å². The first-order valence-electron chi connectivity index (χ1n) is 14.5. The van der Waals surface area contributed by atoms with Crippen LogP contribution in [0.15, 0.2) is 164 Å². The molecule has 43 heavy (non-hydrogen) atoms. The molecule has 8 rings (SSSR count). The largest absolute Gasteiger partial charge is 0.345 e. The maximum absolute atomic E-state index is 5.00. The van der Waals surface area contributed by atoms with Gasteiger partial charge in [0.2, 0.25) is 0 Å². The lowest BCUT2D eigenvalue weighted by Gasteiger charge is -2.36. The molecule has 0 amide bonds. The van der Waals surface area contributed by atoms with Crippen LogP contribution in [0, 0.1) is 0 Å². The molecule has 3 heterocycles. The molecule has 0 fully saturated rings. The van der Waals surface area contributed by atoms with E-state index in [1.54, 1.807) is 6.20 Å². The van der Waals surface area contributed by atoms with E-state index in [2.05, 4.69) is 154 Å². The monoisotopic (exact) mass is 552 g/mol. The Morgan fingerprint density at radius 1 is 0.512 bits per heavy atom. The van der Waals surface area contributed by atoms with Crippen LogP contribution in [-0.2, 0) is 5.41 Å². The summed E-state index contributed by atoms with van der Waals surface area (Å²) in [5, 5.41) is 2.43. The summed E-state index contributed by atoms with van der Waals surface area (Å²) in [6, 6.07) is 51.8. The van der Waals surface area contributed by atoms with E-state index < -0.39 is 5.41 Å². The Labute approximate surface area is 250 Å². The number of benzene rings is 5. The molecule has 0 spiro atoms. The van der Waals surface area contributed by atoms with Crippen molar-refractivity contribution in [3.8, 4) is 17.1 Å². The summed E-state index contributed by atoms with van der Waals surface area (Å²) in [6.07, 6.45) is 5.55. The molecule has 0 atom stereocenters. The maximum Gasteiger partial charge on any atom is 0.137 e. The molecule has 3 aromatic heterocycles. The van der Waals surface area contributed by atoms with Crippen LogP contribution in [0.3, 0.4) is 0 Å². The van der Waals surface area contributed by atoms with Gasteiger partial charge in [-0.05, 0) is 53.1 Å². The summed E-state index contributed by atoms with van der Waals surface area (Å²) in [7, 11) is 0. The third kappa shape index (κ3) is 3.99. The zero-order chi connectivity index (χ0) is 28.6. The number of aromatic nitrogens is 4. The van der Waals surface area contributed by atoms with Crippen LogP contribution in [0.1, 0.15) is 22.4 Å². The molecule has 0 saturated heterocycles. The highest BCUT2D eigenvalue weighted by Gasteiger charge is 2.39. The molecular formula is C39H28N4. The van der Waals surface area contributed by atoms with Gasteiger partial charge >= 0.3 is 0 Å². The van der Waals surface area contributed by atoms with Gasteiger partial charge in [0.1, 0.15) is 5.82 Å². The van der Waals surface area contributed by atoms with Gasteiger partial charge in [0.25, 0.3) is 0 Å². The van der Waals surface area contributed by atoms with E-state index in [9.17, 15) is 0 Å². The molecule has 0 aliphatic heterocycles. The number of rotatable bonds is 6. The molecule has 0 radical (unpaired) electrons. The highest BCUT2D eigenvalue weighted by atomic mass is 15.0. The van der Waals surface area contributed by atoms with Gasteiger partial charge in [-0.1, -0.05) is 109 Å². The van der Waals surface area contributed by atoms with Crippen molar-refractivity contribution in [3.63, 3.8) is 0 Å². The Bertz CT molecular complexity index is 2070. The zero-order valence-corrected chi connectivity index (χ0v) is 23.4. The first-order chi connectivity index (χ1) is 21.3. The van der Waals surface area contributed by atoms with Crippen LogP contribution in [-0.4, -0.2) is 19.5 Å². The van der Waals surface area contributed by atoms with Crippen LogP contribution < -0.4 is 0 Å². The zero-order valence-electron chi connectivity index (χ0n) is 23.4. The van der Waals surface area contributed by atoms with Crippen molar-refractivity contribution in [2.45, 2.75) is 5.41 Å². The van der Waals surface area contributed by atoms with Gasteiger partial charge in [-0.25, -0.2) is 4.98 Å². The van der Waals surface area contributed by atoms with Crippen molar-refractivity contribution in [1.82, 2.24) is 19.5 Å². The number of fused-ring (bicyclic) bond motifs is 3. The molecule has 0 unspecified atom stereocenters. The molecule has 4 nitrogen and oxygen atoms in total. The standard InChI is InChI=1S/C39H28N4/c1-3-12-29(13-4-1)39(30-14-5-2-6-15-30,37-20-9-10-23-40-37)31-16-11-17-32(27-31)43-35-19-8-7-18-33(35)34-22-21-28(26-36(34)43)38-41-24-25-42-38/h1-27H,(H,41,42). The molecular weight excluding hydrogens is 524 g/mol. The second-order valence-electron chi connectivity index (χ2n) is 10.8. The van der Waals surface area contributed by atoms with Crippen LogP contribution >= 0.6 is 0 Å². The maximum atomic E-state index is 5.00. The summed E-state index contributed by atoms with van der Waals surface area (Å²) in [4.78, 5) is 12.8. The fourth-order valence-corrected chi connectivity index (χ4v) is 6.60. The van der Waals surface area contributed by atoms with Crippen molar-refractivity contribution in [2.24, 2.45) is 0 Å². The van der Waals surface area contributed by atoms with E-state index in [1.807, 2.05) is 18.5 Å². The average Bonchev–Trinajstić information content (AvgIpc) is 3.74. The predicted molar refractivity (Wildman–Crippen MR) is 174 cm³/mol. The predicted octanol–water partition coefficient (Wildman–Crippen LogP) is 8.95. The molecule has 1 N–H and O–H groups in total. The third-order valence-corrected chi connectivity index (χ3v) is 8.45. The lowest BCUT2D eigenvalue weighted by Crippen LogP contribution is -2.32. The Morgan fingerprint density at radius 2 is 1.21 bits per heavy atom. The summed E-state index contributed by atoms with van der Waals surface area (Å²) < 4.78 is 2.37. The first-order valence-corrected chi connectivity index (χ1v) is 14.5. The number of H-pyrrole nitrogens is 1. The second kappa shape index (κ2) is 10.3. The molecule has 0 bridgehead atoms. The van der Waals surface area contributed by atoms with E-state index in [-0.39, 0.29) is 0 Å². The van der Waals surface area contributed by atoms with E-state index >= 15 is 0 Å². The summed E-state index contributed by atoms with van der Waals surface area (Å²) in [5.41, 5.74) is 8.27. The summed E-state index contributed by atoms with van der Waals surface area (Å²) in [6.45, 7) is 0. The molecule has 0 aliphatic rings. The van der Waals surface area contributed by atoms with Gasteiger partial charge in [0.05, 0.1) is 22.1 Å². The van der Waals surface area contributed by atoms with Gasteiger partial charge < -0.3 is 9.55 Å². The first kappa shape index (κ1) is 25.0. The number of nitrogens with one attached hydrogen (secondary N) is 1. The van der Waals surface area contributed by atoms with Gasteiger partial charge in [-0.15, -0.1) is 0 Å². The van der Waals surface area contributed by atoms with Crippen molar-refractivity contribution in [1.29, 1.82) is 0 Å². The minimum absolute atomic E-state index is 0.627. The Hall–Kier alpha value is -5.74. The Morgan fingerprint density at radius 3 is 1.93 bits per heavy atom. The molecule has 4 heteroatoms. The molecule has 0 saturated carbocycles. The summed E-state index contributed by atoms with van der Waals surface area (Å²) >= 11 is 0. The van der Waals surface area contributed by atoms with Gasteiger partial charge in [-0.2, -0.15) is 0 Å². The topological polar surface area (TPSA) is 46.5 Å². The van der Waals surface area contributed by atoms with Gasteiger partial charge in [0.15, 0.2) is 0 Å². The number of aromatic amines is 1. The summed E-state index contributed by atoms with van der Waals surface area (Å²) in [5.74, 6) is 0.856. The average molecular weight is 553 g/mol. The van der Waals surface area contributed by atoms with Gasteiger partial charge in [-0.3, -0.25) is 4.98 Å².